The van der Waals surface area contributed by atoms with Crippen molar-refractivity contribution >= 4 is 11.9 Å². The summed E-state index contributed by atoms with van der Waals surface area (Å²) in [4.78, 5) is 25.4. The molecule has 0 saturated carbocycles. The molecule has 3 amide bonds. The van der Waals surface area contributed by atoms with E-state index in [0.717, 1.165) is 31.4 Å². The molecule has 5 nitrogen and oxygen atoms in total. The van der Waals surface area contributed by atoms with Gasteiger partial charge >= 0.3 is 6.03 Å². The predicted octanol–water partition coefficient (Wildman–Crippen LogP) is 2.44. The molecule has 0 spiro atoms. The zero-order valence-corrected chi connectivity index (χ0v) is 14.1. The van der Waals surface area contributed by atoms with Crippen LogP contribution < -0.4 is 11.1 Å². The lowest BCUT2D eigenvalue weighted by Crippen LogP contribution is -2.50. The summed E-state index contributed by atoms with van der Waals surface area (Å²) in [5.41, 5.74) is 6.03. The molecule has 1 aromatic rings. The normalized spacial score (nSPS) is 18.9. The van der Waals surface area contributed by atoms with Crippen LogP contribution in [-0.4, -0.2) is 36.0 Å². The Kier molecular flexibility index (Phi) is 6.58. The first kappa shape index (κ1) is 18.2. The highest BCUT2D eigenvalue weighted by Crippen LogP contribution is 2.20. The highest BCUT2D eigenvalue weighted by Gasteiger charge is 2.27. The van der Waals surface area contributed by atoms with E-state index in [0.29, 0.717) is 19.4 Å². The molecule has 1 aliphatic heterocycles. The number of nitrogens with two attached hydrogens (primary N) is 1. The number of primary amides is 1. The zero-order chi connectivity index (χ0) is 17.5. The molecule has 1 fully saturated rings. The molecule has 2 atom stereocenters. The van der Waals surface area contributed by atoms with Crippen LogP contribution in [0.5, 0.6) is 0 Å². The fourth-order valence-electron chi connectivity index (χ4n) is 3.31. The number of likely N-dealkylation sites (tertiary alicyclic amines) is 1. The molecule has 0 bridgehead atoms. The SMILES string of the molecule is C[C@H](CC(=O)N1CCCC[C@H]1CNC(N)=O)Cc1cccc(F)c1. The monoisotopic (exact) mass is 335 g/mol. The Bertz CT molecular complexity index is 579. The largest absolute Gasteiger partial charge is 0.352 e. The molecule has 0 aliphatic carbocycles. The molecule has 0 aromatic heterocycles. The maximum atomic E-state index is 13.3. The lowest BCUT2D eigenvalue weighted by Gasteiger charge is -2.36. The van der Waals surface area contributed by atoms with Crippen LogP contribution in [0.2, 0.25) is 0 Å². The number of amides is 3. The zero-order valence-electron chi connectivity index (χ0n) is 14.1. The minimum Gasteiger partial charge on any atom is -0.352 e. The fraction of sp³-hybridized carbons (Fsp3) is 0.556. The van der Waals surface area contributed by atoms with Gasteiger partial charge in [0, 0.05) is 25.6 Å². The smallest absolute Gasteiger partial charge is 0.312 e. The molecule has 1 saturated heterocycles. The first-order valence-electron chi connectivity index (χ1n) is 8.53. The van der Waals surface area contributed by atoms with E-state index in [1.807, 2.05) is 17.9 Å². The highest BCUT2D eigenvalue weighted by atomic mass is 19.1. The van der Waals surface area contributed by atoms with Gasteiger partial charge in [-0.05, 0) is 49.3 Å². The summed E-state index contributed by atoms with van der Waals surface area (Å²) in [6, 6.07) is 5.96. The van der Waals surface area contributed by atoms with Gasteiger partial charge in [0.05, 0.1) is 0 Å². The number of rotatable bonds is 6. The molecule has 132 valence electrons. The molecule has 1 aliphatic rings. The van der Waals surface area contributed by atoms with Crippen LogP contribution in [0.25, 0.3) is 0 Å². The Morgan fingerprint density at radius 1 is 1.42 bits per heavy atom. The van der Waals surface area contributed by atoms with Crippen LogP contribution in [0.3, 0.4) is 0 Å². The van der Waals surface area contributed by atoms with Crippen LogP contribution in [0.1, 0.15) is 38.2 Å². The Morgan fingerprint density at radius 2 is 2.21 bits per heavy atom. The fourth-order valence-corrected chi connectivity index (χ4v) is 3.31. The number of carbonyl (C=O) groups is 2. The van der Waals surface area contributed by atoms with Gasteiger partial charge < -0.3 is 16.0 Å². The molecule has 1 heterocycles. The van der Waals surface area contributed by atoms with Crippen molar-refractivity contribution in [2.75, 3.05) is 13.1 Å². The van der Waals surface area contributed by atoms with Crippen LogP contribution in [0, 0.1) is 11.7 Å². The Morgan fingerprint density at radius 3 is 2.92 bits per heavy atom. The number of piperidine rings is 1. The topological polar surface area (TPSA) is 75.4 Å². The van der Waals surface area contributed by atoms with E-state index in [2.05, 4.69) is 5.32 Å². The second kappa shape index (κ2) is 8.66. The number of nitrogens with one attached hydrogen (secondary N) is 1. The molecule has 24 heavy (non-hydrogen) atoms. The number of hydrogen-bond donors (Lipinski definition) is 2. The van der Waals surface area contributed by atoms with E-state index in [9.17, 15) is 14.0 Å². The lowest BCUT2D eigenvalue weighted by atomic mass is 9.95. The maximum absolute atomic E-state index is 13.3. The summed E-state index contributed by atoms with van der Waals surface area (Å²) in [5, 5.41) is 2.60. The van der Waals surface area contributed by atoms with E-state index in [4.69, 9.17) is 5.73 Å². The van der Waals surface area contributed by atoms with Gasteiger partial charge in [0.2, 0.25) is 5.91 Å². The minimum absolute atomic E-state index is 0.0140. The van der Waals surface area contributed by atoms with Gasteiger partial charge in [0.25, 0.3) is 0 Å². The van der Waals surface area contributed by atoms with Crippen LogP contribution in [-0.2, 0) is 11.2 Å². The van der Waals surface area contributed by atoms with Gasteiger partial charge in [-0.25, -0.2) is 9.18 Å². The average molecular weight is 335 g/mol. The average Bonchev–Trinajstić information content (AvgIpc) is 2.53. The first-order chi connectivity index (χ1) is 11.5. The molecule has 2 rings (SSSR count). The third-order valence-corrected chi connectivity index (χ3v) is 4.46. The number of nitrogens with zero attached hydrogens (tertiary/aromatic N) is 1. The second-order valence-corrected chi connectivity index (χ2v) is 6.63. The Balaban J connectivity index is 1.89. The summed E-state index contributed by atoms with van der Waals surface area (Å²) in [7, 11) is 0. The van der Waals surface area contributed by atoms with Crippen molar-refractivity contribution in [3.8, 4) is 0 Å². The van der Waals surface area contributed by atoms with E-state index < -0.39 is 6.03 Å². The number of urea groups is 1. The summed E-state index contributed by atoms with van der Waals surface area (Å²) in [6.07, 6.45) is 4.00. The predicted molar refractivity (Wildman–Crippen MR) is 90.8 cm³/mol. The van der Waals surface area contributed by atoms with E-state index in [1.165, 1.54) is 12.1 Å². The van der Waals surface area contributed by atoms with Crippen molar-refractivity contribution < 1.29 is 14.0 Å². The summed E-state index contributed by atoms with van der Waals surface area (Å²) < 4.78 is 13.3. The molecule has 1 aromatic carbocycles. The number of halogens is 1. The third kappa shape index (κ3) is 5.51. The van der Waals surface area contributed by atoms with Crippen LogP contribution in [0.4, 0.5) is 9.18 Å². The molecular weight excluding hydrogens is 309 g/mol. The van der Waals surface area contributed by atoms with Gasteiger partial charge in [0.1, 0.15) is 5.82 Å². The molecule has 3 N–H and O–H groups in total. The quantitative estimate of drug-likeness (QED) is 0.838. The maximum Gasteiger partial charge on any atom is 0.312 e. The number of carbonyl (C=O) groups excluding carboxylic acids is 2. The second-order valence-electron chi connectivity index (χ2n) is 6.63. The van der Waals surface area contributed by atoms with Crippen LogP contribution in [0.15, 0.2) is 24.3 Å². The standard InChI is InChI=1S/C18H26FN3O2/c1-13(9-14-5-4-6-15(19)11-14)10-17(23)22-8-3-2-7-16(22)12-21-18(20)24/h4-6,11,13,16H,2-3,7-10,12H2,1H3,(H3,20,21,24)/t13-,16-/m0/s1. The molecule has 0 radical (unpaired) electrons. The van der Waals surface area contributed by atoms with Crippen molar-refractivity contribution in [1.29, 1.82) is 0 Å². The summed E-state index contributed by atoms with van der Waals surface area (Å²) in [6.45, 7) is 3.12. The summed E-state index contributed by atoms with van der Waals surface area (Å²) >= 11 is 0. The first-order valence-corrected chi connectivity index (χ1v) is 8.53. The Labute approximate surface area is 142 Å². The van der Waals surface area contributed by atoms with Crippen molar-refractivity contribution in [3.63, 3.8) is 0 Å². The van der Waals surface area contributed by atoms with Gasteiger partial charge in [-0.2, -0.15) is 0 Å². The molecular formula is C18H26FN3O2. The van der Waals surface area contributed by atoms with Crippen LogP contribution >= 0.6 is 0 Å². The third-order valence-electron chi connectivity index (χ3n) is 4.46. The van der Waals surface area contributed by atoms with Crippen molar-refractivity contribution in [2.24, 2.45) is 11.7 Å². The number of benzene rings is 1. The van der Waals surface area contributed by atoms with Crippen molar-refractivity contribution in [1.82, 2.24) is 10.2 Å². The Hall–Kier alpha value is -2.11. The van der Waals surface area contributed by atoms with Gasteiger partial charge in [-0.3, -0.25) is 4.79 Å². The number of hydrogen-bond acceptors (Lipinski definition) is 2. The van der Waals surface area contributed by atoms with E-state index in [1.54, 1.807) is 6.07 Å². The highest BCUT2D eigenvalue weighted by molar-refractivity contribution is 5.77. The molecule has 0 unspecified atom stereocenters. The van der Waals surface area contributed by atoms with Gasteiger partial charge in [-0.1, -0.05) is 19.1 Å². The van der Waals surface area contributed by atoms with Crippen molar-refractivity contribution in [2.45, 2.75) is 45.1 Å². The van der Waals surface area contributed by atoms with E-state index in [-0.39, 0.29) is 23.7 Å². The summed E-state index contributed by atoms with van der Waals surface area (Å²) in [5.74, 6) is -0.0273. The lowest BCUT2D eigenvalue weighted by molar-refractivity contribution is -0.135. The van der Waals surface area contributed by atoms with Gasteiger partial charge in [-0.15, -0.1) is 0 Å². The van der Waals surface area contributed by atoms with Gasteiger partial charge in [0.15, 0.2) is 0 Å². The van der Waals surface area contributed by atoms with E-state index >= 15 is 0 Å². The minimum atomic E-state index is -0.563. The molecule has 6 heteroatoms. The van der Waals surface area contributed by atoms with Crippen molar-refractivity contribution in [3.05, 3.63) is 35.6 Å².